The van der Waals surface area contributed by atoms with Gasteiger partial charge in [-0.05, 0) is 67.5 Å². The molecule has 19 heavy (non-hydrogen) atoms. The molecule has 0 spiro atoms. The predicted molar refractivity (Wildman–Crippen MR) is 80.5 cm³/mol. The van der Waals surface area contributed by atoms with Gasteiger partial charge < -0.3 is 10.1 Å². The molecule has 0 radical (unpaired) electrons. The third kappa shape index (κ3) is 3.14. The first-order valence-corrected chi connectivity index (χ1v) is 7.90. The summed E-state index contributed by atoms with van der Waals surface area (Å²) >= 11 is 0. The van der Waals surface area contributed by atoms with Gasteiger partial charge in [0.1, 0.15) is 0 Å². The van der Waals surface area contributed by atoms with E-state index >= 15 is 0 Å². The molecule has 2 aliphatic rings. The third-order valence-corrected chi connectivity index (χ3v) is 5.05. The molecule has 0 saturated carbocycles. The minimum Gasteiger partial charge on any atom is -0.368 e. The lowest BCUT2D eigenvalue weighted by Crippen LogP contribution is -2.58. The normalized spacial score (nSPS) is 36.3. The second-order valence-electron chi connectivity index (χ2n) is 7.56. The maximum atomic E-state index is 6.30. The number of piperidine rings is 1. The molecule has 112 valence electrons. The maximum absolute atomic E-state index is 6.30. The van der Waals surface area contributed by atoms with Crippen LogP contribution in [-0.2, 0) is 4.74 Å². The fourth-order valence-electron chi connectivity index (χ4n) is 4.15. The SMILES string of the molecule is CNC(C)C1CCCCN1C1CC(C)(C)OC1(C)C. The van der Waals surface area contributed by atoms with Crippen LogP contribution in [0.5, 0.6) is 0 Å². The fourth-order valence-corrected chi connectivity index (χ4v) is 4.15. The van der Waals surface area contributed by atoms with Crippen molar-refractivity contribution in [3.8, 4) is 0 Å². The summed E-state index contributed by atoms with van der Waals surface area (Å²) in [5.74, 6) is 0. The maximum Gasteiger partial charge on any atom is 0.0789 e. The number of ether oxygens (including phenoxy) is 1. The Kier molecular flexibility index (Phi) is 4.29. The highest BCUT2D eigenvalue weighted by Gasteiger charge is 2.50. The first-order chi connectivity index (χ1) is 8.77. The second-order valence-corrected chi connectivity index (χ2v) is 7.56. The molecule has 2 fully saturated rings. The van der Waals surface area contributed by atoms with Crippen LogP contribution in [-0.4, -0.2) is 47.8 Å². The largest absolute Gasteiger partial charge is 0.368 e. The number of nitrogens with one attached hydrogen (secondary N) is 1. The van der Waals surface area contributed by atoms with Crippen molar-refractivity contribution < 1.29 is 4.74 Å². The van der Waals surface area contributed by atoms with Crippen LogP contribution < -0.4 is 5.32 Å². The Morgan fingerprint density at radius 3 is 2.42 bits per heavy atom. The Bertz CT molecular complexity index is 314. The van der Waals surface area contributed by atoms with Crippen molar-refractivity contribution in [1.29, 1.82) is 0 Å². The number of likely N-dealkylation sites (N-methyl/N-ethyl adjacent to an activating group) is 1. The summed E-state index contributed by atoms with van der Waals surface area (Å²) in [5.41, 5.74) is -0.0222. The third-order valence-electron chi connectivity index (χ3n) is 5.05. The quantitative estimate of drug-likeness (QED) is 0.852. The number of hydrogen-bond donors (Lipinski definition) is 1. The van der Waals surface area contributed by atoms with Crippen molar-refractivity contribution in [3.63, 3.8) is 0 Å². The van der Waals surface area contributed by atoms with Crippen LogP contribution in [0.2, 0.25) is 0 Å². The van der Waals surface area contributed by atoms with E-state index in [2.05, 4.69) is 51.9 Å². The van der Waals surface area contributed by atoms with E-state index in [0.29, 0.717) is 18.1 Å². The summed E-state index contributed by atoms with van der Waals surface area (Å²) in [4.78, 5) is 2.74. The van der Waals surface area contributed by atoms with Crippen LogP contribution in [0.25, 0.3) is 0 Å². The highest BCUT2D eigenvalue weighted by atomic mass is 16.5. The van der Waals surface area contributed by atoms with Crippen molar-refractivity contribution in [2.75, 3.05) is 13.6 Å². The van der Waals surface area contributed by atoms with Gasteiger partial charge in [0, 0.05) is 18.1 Å². The van der Waals surface area contributed by atoms with Crippen molar-refractivity contribution in [2.45, 2.75) is 89.6 Å². The summed E-state index contributed by atoms with van der Waals surface area (Å²) in [6.07, 6.45) is 5.16. The van der Waals surface area contributed by atoms with Crippen LogP contribution in [0, 0.1) is 0 Å². The molecule has 0 aliphatic carbocycles. The Morgan fingerprint density at radius 2 is 1.89 bits per heavy atom. The zero-order chi connectivity index (χ0) is 14.3. The Labute approximate surface area is 119 Å². The van der Waals surface area contributed by atoms with Crippen LogP contribution in [0.4, 0.5) is 0 Å². The lowest BCUT2D eigenvalue weighted by atomic mass is 9.87. The van der Waals surface area contributed by atoms with E-state index < -0.39 is 0 Å². The molecule has 3 nitrogen and oxygen atoms in total. The van der Waals surface area contributed by atoms with Crippen molar-refractivity contribution in [3.05, 3.63) is 0 Å². The summed E-state index contributed by atoms with van der Waals surface area (Å²) in [6.45, 7) is 12.5. The number of rotatable bonds is 3. The number of likely N-dealkylation sites (tertiary alicyclic amines) is 1. The molecule has 2 heterocycles. The zero-order valence-electron chi connectivity index (χ0n) is 13.6. The van der Waals surface area contributed by atoms with Crippen molar-refractivity contribution >= 4 is 0 Å². The van der Waals surface area contributed by atoms with Crippen molar-refractivity contribution in [2.24, 2.45) is 0 Å². The van der Waals surface area contributed by atoms with Gasteiger partial charge in [-0.15, -0.1) is 0 Å². The zero-order valence-corrected chi connectivity index (χ0v) is 13.6. The molecule has 0 bridgehead atoms. The standard InChI is InChI=1S/C16H32N2O/c1-12(17-6)13-9-7-8-10-18(13)14-11-15(2,3)19-16(14,4)5/h12-14,17H,7-11H2,1-6H3. The van der Waals surface area contributed by atoms with Crippen LogP contribution >= 0.6 is 0 Å². The molecule has 3 atom stereocenters. The average Bonchev–Trinajstić information content (AvgIpc) is 2.56. The van der Waals surface area contributed by atoms with Gasteiger partial charge in [0.15, 0.2) is 0 Å². The predicted octanol–water partition coefficient (Wildman–Crippen LogP) is 2.79. The lowest BCUT2D eigenvalue weighted by Gasteiger charge is -2.46. The molecule has 1 N–H and O–H groups in total. The van der Waals surface area contributed by atoms with E-state index in [1.807, 2.05) is 0 Å². The van der Waals surface area contributed by atoms with E-state index in [1.54, 1.807) is 0 Å². The smallest absolute Gasteiger partial charge is 0.0789 e. The highest BCUT2D eigenvalue weighted by molar-refractivity contribution is 5.03. The molecular formula is C16H32N2O. The molecule has 0 aromatic heterocycles. The van der Waals surface area contributed by atoms with Crippen molar-refractivity contribution in [1.82, 2.24) is 10.2 Å². The molecule has 0 amide bonds. The molecular weight excluding hydrogens is 236 g/mol. The van der Waals surface area contributed by atoms with Crippen LogP contribution in [0.3, 0.4) is 0 Å². The summed E-state index contributed by atoms with van der Waals surface area (Å²) in [7, 11) is 2.08. The second kappa shape index (κ2) is 5.34. The van der Waals surface area contributed by atoms with Gasteiger partial charge >= 0.3 is 0 Å². The average molecular weight is 268 g/mol. The molecule has 0 aromatic carbocycles. The number of nitrogens with zero attached hydrogens (tertiary/aromatic N) is 1. The van der Waals surface area contributed by atoms with Gasteiger partial charge in [0.05, 0.1) is 11.2 Å². The van der Waals surface area contributed by atoms with Crippen LogP contribution in [0.1, 0.15) is 60.3 Å². The van der Waals surface area contributed by atoms with Crippen LogP contribution in [0.15, 0.2) is 0 Å². The van der Waals surface area contributed by atoms with Gasteiger partial charge in [0.25, 0.3) is 0 Å². The van der Waals surface area contributed by atoms with E-state index in [1.165, 1.54) is 25.8 Å². The Balaban J connectivity index is 2.18. The topological polar surface area (TPSA) is 24.5 Å². The minimum absolute atomic E-state index is 0.0129. The van der Waals surface area contributed by atoms with E-state index in [-0.39, 0.29) is 11.2 Å². The number of hydrogen-bond acceptors (Lipinski definition) is 3. The molecule has 0 aromatic rings. The summed E-state index contributed by atoms with van der Waals surface area (Å²) < 4.78 is 6.30. The van der Waals surface area contributed by atoms with Gasteiger partial charge in [-0.25, -0.2) is 0 Å². The van der Waals surface area contributed by atoms with E-state index in [9.17, 15) is 0 Å². The minimum atomic E-state index is -0.0352. The van der Waals surface area contributed by atoms with Gasteiger partial charge in [-0.2, -0.15) is 0 Å². The Hall–Kier alpha value is -0.120. The first-order valence-electron chi connectivity index (χ1n) is 7.90. The summed E-state index contributed by atoms with van der Waals surface area (Å²) in [5, 5.41) is 3.45. The highest BCUT2D eigenvalue weighted by Crippen LogP contribution is 2.42. The molecule has 2 rings (SSSR count). The molecule has 3 unspecified atom stereocenters. The van der Waals surface area contributed by atoms with Gasteiger partial charge in [0.2, 0.25) is 0 Å². The fraction of sp³-hybridized carbons (Fsp3) is 1.00. The first kappa shape index (κ1) is 15.3. The summed E-state index contributed by atoms with van der Waals surface area (Å²) in [6, 6.07) is 1.75. The van der Waals surface area contributed by atoms with E-state index in [4.69, 9.17) is 4.74 Å². The monoisotopic (exact) mass is 268 g/mol. The van der Waals surface area contributed by atoms with Gasteiger partial charge in [-0.1, -0.05) is 6.42 Å². The Morgan fingerprint density at radius 1 is 1.21 bits per heavy atom. The lowest BCUT2D eigenvalue weighted by molar-refractivity contribution is -0.0879. The molecule has 3 heteroatoms. The van der Waals surface area contributed by atoms with E-state index in [0.717, 1.165) is 6.42 Å². The molecule has 2 aliphatic heterocycles. The molecule has 2 saturated heterocycles. The van der Waals surface area contributed by atoms with Gasteiger partial charge in [-0.3, -0.25) is 4.90 Å².